The van der Waals surface area contributed by atoms with Gasteiger partial charge in [0.1, 0.15) is 11.8 Å². The first-order valence-electron chi connectivity index (χ1n) is 14.6. The van der Waals surface area contributed by atoms with Crippen molar-refractivity contribution in [3.05, 3.63) is 0 Å². The lowest BCUT2D eigenvalue weighted by atomic mass is 9.96. The molecule has 1 heterocycles. The number of carbonyl (C=O) groups excluding carboxylic acids is 3. The molecule has 40 heavy (non-hydrogen) atoms. The van der Waals surface area contributed by atoms with Crippen LogP contribution in [-0.2, 0) is 28.7 Å². The van der Waals surface area contributed by atoms with Crippen molar-refractivity contribution in [3.8, 4) is 0 Å². The van der Waals surface area contributed by atoms with E-state index in [9.17, 15) is 24.0 Å². The molecule has 0 aromatic rings. The number of hydrogen-bond acceptors (Lipinski definition) is 6. The minimum absolute atomic E-state index is 0.118. The number of ketones is 1. The number of carbonyl (C=O) groups is 5. The van der Waals surface area contributed by atoms with Crippen LogP contribution >= 0.6 is 0 Å². The predicted octanol–water partition coefficient (Wildman–Crippen LogP) is 4.93. The number of hydrogen-bond donors (Lipinski definition) is 3. The number of likely N-dealkylation sites (N-methyl/N-ethyl adjacent to an activating group) is 1. The molecular formula is C30H56N2O8. The molecule has 0 aliphatic carbocycles. The SMILES string of the molecule is CC(C)C1OC1(C)C.CCCC(=O)N(C)[C@@H](C)C(=O)O.CCCC(CCCC(C)=O)CNC(=O)C(C)CC(=O)O. The van der Waals surface area contributed by atoms with Crippen molar-refractivity contribution in [3.63, 3.8) is 0 Å². The molecule has 4 atom stereocenters. The van der Waals surface area contributed by atoms with Crippen molar-refractivity contribution in [1.82, 2.24) is 10.2 Å². The molecule has 1 aliphatic rings. The van der Waals surface area contributed by atoms with Crippen LogP contribution in [0.5, 0.6) is 0 Å². The Balaban J connectivity index is 0. The third-order valence-electron chi connectivity index (χ3n) is 6.79. The van der Waals surface area contributed by atoms with Crippen LogP contribution in [0.2, 0.25) is 0 Å². The molecule has 10 nitrogen and oxygen atoms in total. The third-order valence-corrected chi connectivity index (χ3v) is 6.79. The van der Waals surface area contributed by atoms with Gasteiger partial charge in [0.15, 0.2) is 0 Å². The Labute approximate surface area is 241 Å². The standard InChI is InChI=1S/C15H27NO4.C8H15NO3.C7H14O/c1-4-6-13(8-5-7-12(3)17)10-16-15(20)11(2)9-14(18)19;1-4-5-7(10)9(3)6(2)8(11)12;1-5(2)6-7(3,4)8-6/h11,13H,4-10H2,1-3H3,(H,16,20)(H,18,19);6H,4-5H2,1-3H3,(H,11,12);5-6H,1-4H3/t;6-;/m.0./s1. The molecule has 1 aliphatic heterocycles. The topological polar surface area (TPSA) is 154 Å². The minimum Gasteiger partial charge on any atom is -0.481 e. The molecule has 234 valence electrons. The maximum atomic E-state index is 11.7. The van der Waals surface area contributed by atoms with Crippen molar-refractivity contribution in [2.24, 2.45) is 17.8 Å². The van der Waals surface area contributed by atoms with Crippen molar-refractivity contribution < 1.29 is 38.9 Å². The molecule has 1 fully saturated rings. The van der Waals surface area contributed by atoms with E-state index in [-0.39, 0.29) is 29.6 Å². The number of rotatable bonds is 16. The highest BCUT2D eigenvalue weighted by Crippen LogP contribution is 2.39. The zero-order valence-corrected chi connectivity index (χ0v) is 26.5. The molecular weight excluding hydrogens is 516 g/mol. The van der Waals surface area contributed by atoms with Crippen LogP contribution in [0.1, 0.15) is 114 Å². The molecule has 10 heteroatoms. The predicted molar refractivity (Wildman–Crippen MR) is 156 cm³/mol. The van der Waals surface area contributed by atoms with E-state index in [1.165, 1.54) is 18.9 Å². The number of amides is 2. The molecule has 0 radical (unpaired) electrons. The molecule has 0 saturated carbocycles. The number of ether oxygens (including phenoxy) is 1. The maximum Gasteiger partial charge on any atom is 0.326 e. The van der Waals surface area contributed by atoms with Gasteiger partial charge in [0.05, 0.1) is 18.1 Å². The van der Waals surface area contributed by atoms with Crippen LogP contribution < -0.4 is 5.32 Å². The van der Waals surface area contributed by atoms with E-state index in [4.69, 9.17) is 14.9 Å². The molecule has 3 N–H and O–H groups in total. The molecule has 0 aromatic heterocycles. The molecule has 0 aromatic carbocycles. The van der Waals surface area contributed by atoms with Crippen LogP contribution in [0.25, 0.3) is 0 Å². The molecule has 1 saturated heterocycles. The van der Waals surface area contributed by atoms with E-state index in [1.54, 1.807) is 13.8 Å². The van der Waals surface area contributed by atoms with Gasteiger partial charge in [-0.2, -0.15) is 0 Å². The monoisotopic (exact) mass is 572 g/mol. The summed E-state index contributed by atoms with van der Waals surface area (Å²) < 4.78 is 5.37. The second-order valence-electron chi connectivity index (χ2n) is 11.6. The Kier molecular flexibility index (Phi) is 20.2. The minimum atomic E-state index is -0.970. The van der Waals surface area contributed by atoms with Crippen molar-refractivity contribution >= 4 is 29.5 Å². The summed E-state index contributed by atoms with van der Waals surface area (Å²) in [6, 6.07) is -0.732. The first-order chi connectivity index (χ1) is 18.4. The number of aliphatic carboxylic acids is 2. The van der Waals surface area contributed by atoms with Crippen molar-refractivity contribution in [2.45, 2.75) is 131 Å². The average molecular weight is 573 g/mol. The molecule has 3 unspecified atom stereocenters. The molecule has 2 amide bonds. The quantitative estimate of drug-likeness (QED) is 0.220. The molecule has 1 rings (SSSR count). The van der Waals surface area contributed by atoms with Crippen LogP contribution in [0.4, 0.5) is 0 Å². The Morgan fingerprint density at radius 2 is 1.50 bits per heavy atom. The highest BCUT2D eigenvalue weighted by atomic mass is 16.6. The normalized spacial score (nSPS) is 17.1. The number of Topliss-reactive ketones (excluding diaryl/α,β-unsaturated/α-hetero) is 1. The second-order valence-corrected chi connectivity index (χ2v) is 11.6. The van der Waals surface area contributed by atoms with E-state index in [2.05, 4.69) is 39.9 Å². The lowest BCUT2D eigenvalue weighted by molar-refractivity contribution is -0.148. The Hall–Kier alpha value is -2.49. The van der Waals surface area contributed by atoms with E-state index >= 15 is 0 Å². The van der Waals surface area contributed by atoms with Gasteiger partial charge in [0.25, 0.3) is 0 Å². The van der Waals surface area contributed by atoms with Crippen molar-refractivity contribution in [1.29, 1.82) is 0 Å². The zero-order chi connectivity index (χ0) is 31.6. The first kappa shape index (κ1) is 39.7. The molecule has 0 bridgehead atoms. The van der Waals surface area contributed by atoms with E-state index < -0.39 is 23.9 Å². The highest BCUT2D eigenvalue weighted by molar-refractivity contribution is 5.83. The lowest BCUT2D eigenvalue weighted by Crippen LogP contribution is -2.40. The first-order valence-corrected chi connectivity index (χ1v) is 14.6. The summed E-state index contributed by atoms with van der Waals surface area (Å²) in [6.45, 7) is 17.9. The van der Waals surface area contributed by atoms with Crippen LogP contribution in [-0.4, -0.2) is 76.0 Å². The van der Waals surface area contributed by atoms with Gasteiger partial charge in [0, 0.05) is 32.4 Å². The number of nitrogens with one attached hydrogen (secondary N) is 1. The van der Waals surface area contributed by atoms with Crippen LogP contribution in [0, 0.1) is 17.8 Å². The van der Waals surface area contributed by atoms with E-state index in [0.717, 1.165) is 32.1 Å². The van der Waals surface area contributed by atoms with Crippen LogP contribution in [0.3, 0.4) is 0 Å². The average Bonchev–Trinajstić information content (AvgIpc) is 3.50. The van der Waals surface area contributed by atoms with Gasteiger partial charge in [-0.25, -0.2) is 4.79 Å². The van der Waals surface area contributed by atoms with Gasteiger partial charge in [0.2, 0.25) is 11.8 Å². The smallest absolute Gasteiger partial charge is 0.326 e. The number of epoxide rings is 1. The van der Waals surface area contributed by atoms with E-state index in [1.807, 2.05) is 6.92 Å². The summed E-state index contributed by atoms with van der Waals surface area (Å²) in [5.74, 6) is -1.52. The fourth-order valence-electron chi connectivity index (χ4n) is 4.17. The largest absolute Gasteiger partial charge is 0.481 e. The van der Waals surface area contributed by atoms with Gasteiger partial charge in [-0.1, -0.05) is 41.0 Å². The summed E-state index contributed by atoms with van der Waals surface area (Å²) in [5, 5.41) is 20.0. The fourth-order valence-corrected chi connectivity index (χ4v) is 4.17. The number of carboxylic acid groups (broad SMARTS) is 2. The maximum absolute atomic E-state index is 11.7. The van der Waals surface area contributed by atoms with E-state index in [0.29, 0.717) is 37.3 Å². The zero-order valence-electron chi connectivity index (χ0n) is 26.5. The van der Waals surface area contributed by atoms with Gasteiger partial charge in [-0.15, -0.1) is 0 Å². The number of nitrogens with zero attached hydrogens (tertiary/aromatic N) is 1. The van der Waals surface area contributed by atoms with Gasteiger partial charge < -0.3 is 30.0 Å². The summed E-state index contributed by atoms with van der Waals surface area (Å²) >= 11 is 0. The van der Waals surface area contributed by atoms with Gasteiger partial charge >= 0.3 is 11.9 Å². The van der Waals surface area contributed by atoms with Gasteiger partial charge in [-0.3, -0.25) is 14.4 Å². The summed E-state index contributed by atoms with van der Waals surface area (Å²) in [6.07, 6.45) is 5.92. The van der Waals surface area contributed by atoms with Gasteiger partial charge in [-0.05, 0) is 65.2 Å². The fraction of sp³-hybridized carbons (Fsp3) is 0.833. The number of carboxylic acids is 2. The summed E-state index contributed by atoms with van der Waals surface area (Å²) in [4.78, 5) is 56.1. The summed E-state index contributed by atoms with van der Waals surface area (Å²) in [5.41, 5.74) is 0.189. The van der Waals surface area contributed by atoms with Crippen molar-refractivity contribution in [2.75, 3.05) is 13.6 Å². The Morgan fingerprint density at radius 1 is 0.950 bits per heavy atom. The Bertz CT molecular complexity index is 797. The third kappa shape index (κ3) is 18.7. The Morgan fingerprint density at radius 3 is 1.85 bits per heavy atom. The van der Waals surface area contributed by atoms with Crippen LogP contribution in [0.15, 0.2) is 0 Å². The second kappa shape index (κ2) is 20.4. The summed E-state index contributed by atoms with van der Waals surface area (Å²) in [7, 11) is 1.51. The molecule has 0 spiro atoms. The highest BCUT2D eigenvalue weighted by Gasteiger charge is 2.49. The lowest BCUT2D eigenvalue weighted by Gasteiger charge is -2.20.